The molecule has 0 fully saturated rings. The predicted octanol–water partition coefficient (Wildman–Crippen LogP) is 3.89. The molecule has 11 heteroatoms. The van der Waals surface area contributed by atoms with Crippen molar-refractivity contribution < 1.29 is 13.2 Å². The molecule has 0 aliphatic carbocycles. The van der Waals surface area contributed by atoms with Crippen LogP contribution >= 0.6 is 35.3 Å². The molecule has 6 nitrogen and oxygen atoms in total. The minimum Gasteiger partial charge on any atom is -0.350 e. The molecular formula is C18H20F3IN6S. The van der Waals surface area contributed by atoms with Gasteiger partial charge in [0.15, 0.2) is 11.7 Å². The quantitative estimate of drug-likeness (QED) is 0.285. The molecule has 0 radical (unpaired) electrons. The molecule has 0 bridgehead atoms. The van der Waals surface area contributed by atoms with E-state index >= 15 is 0 Å². The molecule has 0 unspecified atom stereocenters. The Morgan fingerprint density at radius 1 is 1.17 bits per heavy atom. The fraction of sp³-hybridized carbons (Fsp3) is 0.278. The van der Waals surface area contributed by atoms with Gasteiger partial charge in [0, 0.05) is 31.4 Å². The van der Waals surface area contributed by atoms with Crippen LogP contribution in [0.3, 0.4) is 0 Å². The van der Waals surface area contributed by atoms with Gasteiger partial charge in [0.25, 0.3) is 0 Å². The number of nitrogens with one attached hydrogen (secondary N) is 2. The normalized spacial score (nSPS) is 11.8. The lowest BCUT2D eigenvalue weighted by Crippen LogP contribution is -2.37. The molecule has 156 valence electrons. The van der Waals surface area contributed by atoms with E-state index in [4.69, 9.17) is 0 Å². The Bertz CT molecular complexity index is 923. The number of rotatable bonds is 6. The van der Waals surface area contributed by atoms with Crippen LogP contribution in [0, 0.1) is 0 Å². The van der Waals surface area contributed by atoms with Crippen LogP contribution in [0.25, 0.3) is 0 Å². The van der Waals surface area contributed by atoms with Gasteiger partial charge in [-0.15, -0.1) is 35.3 Å². The summed E-state index contributed by atoms with van der Waals surface area (Å²) in [6, 6.07) is 10.0. The molecule has 3 rings (SSSR count). The zero-order valence-electron chi connectivity index (χ0n) is 15.5. The Kier molecular flexibility index (Phi) is 8.44. The summed E-state index contributed by atoms with van der Waals surface area (Å²) >= 11 is 0.956. The van der Waals surface area contributed by atoms with Crippen molar-refractivity contribution >= 4 is 41.3 Å². The van der Waals surface area contributed by atoms with E-state index in [1.807, 2.05) is 41.1 Å². The molecule has 1 aromatic carbocycles. The summed E-state index contributed by atoms with van der Waals surface area (Å²) in [6.45, 7) is 1.27. The fourth-order valence-corrected chi connectivity index (χ4v) is 3.24. The predicted molar refractivity (Wildman–Crippen MR) is 117 cm³/mol. The van der Waals surface area contributed by atoms with Gasteiger partial charge >= 0.3 is 6.18 Å². The molecule has 0 aliphatic heterocycles. The molecule has 0 aliphatic rings. The smallest absolute Gasteiger partial charge is 0.350 e. The number of thiazole rings is 1. The van der Waals surface area contributed by atoms with Crippen molar-refractivity contribution in [2.75, 3.05) is 7.05 Å². The van der Waals surface area contributed by atoms with E-state index in [0.29, 0.717) is 24.1 Å². The van der Waals surface area contributed by atoms with Crippen LogP contribution in [0.1, 0.15) is 22.1 Å². The van der Waals surface area contributed by atoms with Crippen LogP contribution in [0.15, 0.2) is 53.1 Å². The number of aromatic nitrogens is 3. The van der Waals surface area contributed by atoms with Gasteiger partial charge < -0.3 is 15.2 Å². The van der Waals surface area contributed by atoms with Gasteiger partial charge in [-0.3, -0.25) is 4.99 Å². The number of hydrogen-bond donors (Lipinski definition) is 2. The Balaban J connectivity index is 0.00000300. The highest BCUT2D eigenvalue weighted by Gasteiger charge is 2.33. The van der Waals surface area contributed by atoms with E-state index in [2.05, 4.69) is 25.6 Å². The van der Waals surface area contributed by atoms with Gasteiger partial charge in [-0.2, -0.15) is 13.2 Å². The lowest BCUT2D eigenvalue weighted by atomic mass is 10.2. The first kappa shape index (κ1) is 23.1. The third kappa shape index (κ3) is 6.70. The van der Waals surface area contributed by atoms with Crippen molar-refractivity contribution in [1.29, 1.82) is 0 Å². The van der Waals surface area contributed by atoms with Gasteiger partial charge in [0.1, 0.15) is 10.8 Å². The largest absolute Gasteiger partial charge is 0.434 e. The maximum atomic E-state index is 12.6. The summed E-state index contributed by atoms with van der Waals surface area (Å²) in [6.07, 6.45) is -0.802. The number of hydrogen-bond acceptors (Lipinski definition) is 4. The highest BCUT2D eigenvalue weighted by molar-refractivity contribution is 14.0. The average molecular weight is 536 g/mol. The van der Waals surface area contributed by atoms with Crippen LogP contribution in [0.5, 0.6) is 0 Å². The minimum absolute atomic E-state index is 0. The highest BCUT2D eigenvalue weighted by Crippen LogP contribution is 2.29. The SMILES string of the molecule is CN=C(NCc1nc(C(F)(F)F)cs1)NCc1nccn1Cc1ccccc1.I. The molecule has 0 saturated heterocycles. The Morgan fingerprint density at radius 2 is 1.90 bits per heavy atom. The second-order valence-electron chi connectivity index (χ2n) is 5.86. The lowest BCUT2D eigenvalue weighted by Gasteiger charge is -2.12. The number of guanidine groups is 1. The van der Waals surface area contributed by atoms with E-state index in [1.54, 1.807) is 13.2 Å². The third-order valence-corrected chi connectivity index (χ3v) is 4.73. The number of imidazole rings is 1. The number of aliphatic imine (C=N–C) groups is 1. The summed E-state index contributed by atoms with van der Waals surface area (Å²) in [4.78, 5) is 12.0. The Morgan fingerprint density at radius 3 is 2.55 bits per heavy atom. The van der Waals surface area contributed by atoms with Crippen molar-refractivity contribution in [1.82, 2.24) is 25.2 Å². The Hall–Kier alpha value is -2.15. The zero-order valence-corrected chi connectivity index (χ0v) is 18.6. The molecule has 2 heterocycles. The van der Waals surface area contributed by atoms with E-state index < -0.39 is 11.9 Å². The molecule has 0 saturated carbocycles. The highest BCUT2D eigenvalue weighted by atomic mass is 127. The topological polar surface area (TPSA) is 67.1 Å². The molecular weight excluding hydrogens is 516 g/mol. The van der Waals surface area contributed by atoms with Crippen molar-refractivity contribution in [3.8, 4) is 0 Å². The van der Waals surface area contributed by atoms with Crippen LogP contribution in [-0.2, 0) is 25.8 Å². The molecule has 2 aromatic heterocycles. The summed E-state index contributed by atoms with van der Waals surface area (Å²) in [5, 5.41) is 7.42. The Labute approximate surface area is 187 Å². The minimum atomic E-state index is -4.43. The van der Waals surface area contributed by atoms with E-state index in [-0.39, 0.29) is 30.5 Å². The number of halogens is 4. The van der Waals surface area contributed by atoms with Crippen LogP contribution in [0.2, 0.25) is 0 Å². The van der Waals surface area contributed by atoms with E-state index in [0.717, 1.165) is 28.1 Å². The summed E-state index contributed by atoms with van der Waals surface area (Å²) < 4.78 is 39.9. The third-order valence-electron chi connectivity index (χ3n) is 3.88. The molecule has 3 aromatic rings. The molecule has 0 spiro atoms. The van der Waals surface area contributed by atoms with Crippen LogP contribution < -0.4 is 10.6 Å². The van der Waals surface area contributed by atoms with E-state index in [9.17, 15) is 13.2 Å². The average Bonchev–Trinajstić information content (AvgIpc) is 3.32. The first-order valence-corrected chi connectivity index (χ1v) is 9.33. The van der Waals surface area contributed by atoms with Gasteiger partial charge in [-0.1, -0.05) is 30.3 Å². The number of alkyl halides is 3. The molecule has 0 amide bonds. The van der Waals surface area contributed by atoms with Crippen molar-refractivity contribution in [2.24, 2.45) is 4.99 Å². The summed E-state index contributed by atoms with van der Waals surface area (Å²) in [5.74, 6) is 1.28. The maximum Gasteiger partial charge on any atom is 0.434 e. The molecule has 29 heavy (non-hydrogen) atoms. The second kappa shape index (κ2) is 10.6. The number of benzene rings is 1. The van der Waals surface area contributed by atoms with Crippen molar-refractivity contribution in [3.63, 3.8) is 0 Å². The second-order valence-corrected chi connectivity index (χ2v) is 6.80. The first-order valence-electron chi connectivity index (χ1n) is 8.46. The van der Waals surface area contributed by atoms with Crippen molar-refractivity contribution in [3.05, 3.63) is 70.2 Å². The fourth-order valence-electron chi connectivity index (χ4n) is 2.50. The zero-order chi connectivity index (χ0) is 20.0. The lowest BCUT2D eigenvalue weighted by molar-refractivity contribution is -0.140. The van der Waals surface area contributed by atoms with Crippen LogP contribution in [-0.4, -0.2) is 27.5 Å². The maximum absolute atomic E-state index is 12.6. The monoisotopic (exact) mass is 536 g/mol. The molecule has 0 atom stereocenters. The van der Waals surface area contributed by atoms with Crippen molar-refractivity contribution in [2.45, 2.75) is 25.8 Å². The van der Waals surface area contributed by atoms with Gasteiger partial charge in [-0.25, -0.2) is 9.97 Å². The van der Waals surface area contributed by atoms with E-state index in [1.165, 1.54) is 0 Å². The standard InChI is InChI=1S/C18H19F3N6S.HI/c1-22-17(25-10-16-26-14(12-28-16)18(19,20)21)24-9-15-23-7-8-27(15)11-13-5-3-2-4-6-13;/h2-8,12H,9-11H2,1H3,(H2,22,24,25);1H. The van der Waals surface area contributed by atoms with Gasteiger partial charge in [0.05, 0.1) is 13.1 Å². The first-order chi connectivity index (χ1) is 13.5. The summed E-state index contributed by atoms with van der Waals surface area (Å²) in [7, 11) is 1.59. The van der Waals surface area contributed by atoms with Gasteiger partial charge in [-0.05, 0) is 5.56 Å². The number of nitrogens with zero attached hydrogens (tertiary/aromatic N) is 4. The molecule has 2 N–H and O–H groups in total. The van der Waals surface area contributed by atoms with Crippen LogP contribution in [0.4, 0.5) is 13.2 Å². The summed E-state index contributed by atoms with van der Waals surface area (Å²) in [5.41, 5.74) is 0.286. The van der Waals surface area contributed by atoms with Gasteiger partial charge in [0.2, 0.25) is 0 Å².